The maximum atomic E-state index is 14.5. The molecule has 3 aliphatic heterocycles. The highest BCUT2D eigenvalue weighted by Gasteiger charge is 2.79. The molecule has 0 saturated carbocycles. The topological polar surface area (TPSA) is 108 Å². The highest BCUT2D eigenvalue weighted by molar-refractivity contribution is 6.04. The van der Waals surface area contributed by atoms with Gasteiger partial charge >= 0.3 is 0 Å². The van der Waals surface area contributed by atoms with Crippen LogP contribution in [0.4, 0.5) is 5.69 Å². The fourth-order valence-corrected chi connectivity index (χ4v) is 7.72. The van der Waals surface area contributed by atoms with Gasteiger partial charge in [-0.15, -0.1) is 0 Å². The van der Waals surface area contributed by atoms with Crippen molar-refractivity contribution in [1.82, 2.24) is 10.2 Å². The van der Waals surface area contributed by atoms with Gasteiger partial charge in [0, 0.05) is 12.2 Å². The van der Waals surface area contributed by atoms with Gasteiger partial charge in [-0.25, -0.2) is 0 Å². The summed E-state index contributed by atoms with van der Waals surface area (Å²) in [5.74, 6) is -2.37. The summed E-state index contributed by atoms with van der Waals surface area (Å²) in [6.45, 7) is 4.15. The van der Waals surface area contributed by atoms with E-state index in [1.54, 1.807) is 4.90 Å². The summed E-state index contributed by atoms with van der Waals surface area (Å²) in [5, 5.41) is 18.8. The van der Waals surface area contributed by atoms with Gasteiger partial charge in [-0.3, -0.25) is 14.4 Å². The van der Waals surface area contributed by atoms with E-state index in [2.05, 4.69) is 10.6 Å². The van der Waals surface area contributed by atoms with Crippen molar-refractivity contribution in [2.75, 3.05) is 18.5 Å². The van der Waals surface area contributed by atoms with Crippen LogP contribution in [0.15, 0.2) is 72.8 Å². The predicted octanol–water partition coefficient (Wildman–Crippen LogP) is 4.06. The van der Waals surface area contributed by atoms with Crippen LogP contribution in [-0.4, -0.2) is 64.2 Å². The maximum Gasteiger partial charge on any atom is 0.250 e. The highest BCUT2D eigenvalue weighted by Crippen LogP contribution is 2.64. The van der Waals surface area contributed by atoms with Gasteiger partial charge in [0.1, 0.15) is 11.6 Å². The molecule has 2 bridgehead atoms. The number of nitrogens with one attached hydrogen (secondary N) is 2. The average molecular weight is 570 g/mol. The molecule has 3 aliphatic rings. The summed E-state index contributed by atoms with van der Waals surface area (Å²) >= 11 is 0. The minimum Gasteiger partial charge on any atom is -0.394 e. The first-order valence-corrected chi connectivity index (χ1v) is 15.1. The molecule has 0 radical (unpaired) electrons. The van der Waals surface area contributed by atoms with Crippen LogP contribution in [0.2, 0.25) is 0 Å². The van der Waals surface area contributed by atoms with Crippen LogP contribution in [-0.2, 0) is 25.5 Å². The number of nitrogens with zero attached hydrogens (tertiary/aromatic N) is 1. The molecule has 0 aliphatic carbocycles. The second-order valence-corrected chi connectivity index (χ2v) is 11.9. The minimum atomic E-state index is -1.16. The van der Waals surface area contributed by atoms with Crippen LogP contribution >= 0.6 is 0 Å². The first-order valence-electron chi connectivity index (χ1n) is 15.1. The third-order valence-corrected chi connectivity index (χ3v) is 9.63. The van der Waals surface area contributed by atoms with Crippen LogP contribution in [0, 0.1) is 11.8 Å². The molecule has 220 valence electrons. The quantitative estimate of drug-likeness (QED) is 0.341. The van der Waals surface area contributed by atoms with Crippen molar-refractivity contribution >= 4 is 34.2 Å². The lowest BCUT2D eigenvalue weighted by molar-refractivity contribution is -0.149. The molecular weight excluding hydrogens is 530 g/mol. The maximum absolute atomic E-state index is 14.5. The number of benzene rings is 3. The first-order chi connectivity index (χ1) is 20.4. The lowest BCUT2D eigenvalue weighted by atomic mass is 9.65. The number of carbonyl (C=O) groups is 3. The minimum absolute atomic E-state index is 0.197. The first kappa shape index (κ1) is 28.4. The third kappa shape index (κ3) is 4.48. The Morgan fingerprint density at radius 1 is 1.00 bits per heavy atom. The lowest BCUT2D eigenvalue weighted by Gasteiger charge is -2.37. The van der Waals surface area contributed by atoms with Gasteiger partial charge in [-0.2, -0.15) is 0 Å². The molecule has 3 saturated heterocycles. The molecule has 3 aromatic rings. The Labute approximate surface area is 246 Å². The Balaban J connectivity index is 1.41. The Morgan fingerprint density at radius 2 is 1.74 bits per heavy atom. The number of likely N-dealkylation sites (tertiary alicyclic amines) is 1. The molecule has 2 unspecified atom stereocenters. The summed E-state index contributed by atoms with van der Waals surface area (Å²) in [6, 6.07) is 21.6. The molecule has 3 aromatic carbocycles. The van der Waals surface area contributed by atoms with Crippen LogP contribution < -0.4 is 10.6 Å². The van der Waals surface area contributed by atoms with E-state index in [0.717, 1.165) is 22.8 Å². The molecule has 42 heavy (non-hydrogen) atoms. The Hall–Kier alpha value is -3.75. The number of carbonyl (C=O) groups excluding carboxylic acids is 3. The fourth-order valence-electron chi connectivity index (χ4n) is 7.72. The van der Waals surface area contributed by atoms with Crippen molar-refractivity contribution in [2.45, 2.75) is 69.2 Å². The van der Waals surface area contributed by atoms with Gasteiger partial charge < -0.3 is 25.4 Å². The van der Waals surface area contributed by atoms with Crippen molar-refractivity contribution in [1.29, 1.82) is 0 Å². The van der Waals surface area contributed by atoms with E-state index in [1.807, 2.05) is 86.6 Å². The number of fused-ring (bicyclic) bond motifs is 2. The Morgan fingerprint density at radius 3 is 2.45 bits per heavy atom. The number of hydrogen-bond acceptors (Lipinski definition) is 5. The lowest BCUT2D eigenvalue weighted by Crippen LogP contribution is -2.57. The summed E-state index contributed by atoms with van der Waals surface area (Å²) in [7, 11) is 0. The number of aliphatic hydroxyl groups excluding tert-OH is 1. The van der Waals surface area contributed by atoms with E-state index >= 15 is 0 Å². The second kappa shape index (κ2) is 11.2. The normalized spacial score (nSPS) is 28.6. The van der Waals surface area contributed by atoms with Gasteiger partial charge in [-0.05, 0) is 60.6 Å². The van der Waals surface area contributed by atoms with E-state index in [0.29, 0.717) is 37.9 Å². The third-order valence-electron chi connectivity index (χ3n) is 9.63. The monoisotopic (exact) mass is 569 g/mol. The van der Waals surface area contributed by atoms with Crippen molar-refractivity contribution in [3.8, 4) is 0 Å². The van der Waals surface area contributed by atoms with E-state index in [-0.39, 0.29) is 24.3 Å². The van der Waals surface area contributed by atoms with Gasteiger partial charge in [0.05, 0.1) is 30.1 Å². The van der Waals surface area contributed by atoms with Crippen LogP contribution in [0.25, 0.3) is 10.8 Å². The SMILES string of the molecule is CCCNC(=O)[C@H]1[C@H]2C(=O)N([C@@H](CO)Cc3ccccc3)C(C(=O)Nc3ccc4ccccc4c3)C23CC[C@]1(CC)O3. The van der Waals surface area contributed by atoms with Gasteiger partial charge in [0.15, 0.2) is 0 Å². The number of rotatable bonds is 10. The van der Waals surface area contributed by atoms with E-state index in [1.165, 1.54) is 0 Å². The van der Waals surface area contributed by atoms with Crippen LogP contribution in [0.3, 0.4) is 0 Å². The molecule has 3 amide bonds. The Bertz CT molecular complexity index is 1490. The van der Waals surface area contributed by atoms with Gasteiger partial charge in [0.25, 0.3) is 0 Å². The summed E-state index contributed by atoms with van der Waals surface area (Å²) < 4.78 is 6.86. The number of anilines is 1. The largest absolute Gasteiger partial charge is 0.394 e. The van der Waals surface area contributed by atoms with E-state index < -0.39 is 35.1 Å². The second-order valence-electron chi connectivity index (χ2n) is 11.9. The molecule has 0 aromatic heterocycles. The summed E-state index contributed by atoms with van der Waals surface area (Å²) in [4.78, 5) is 44.1. The molecule has 6 atom stereocenters. The van der Waals surface area contributed by atoms with Crippen LogP contribution in [0.5, 0.6) is 0 Å². The molecule has 8 heteroatoms. The predicted molar refractivity (Wildman–Crippen MR) is 161 cm³/mol. The molecule has 1 spiro atoms. The molecule has 3 fully saturated rings. The standard InChI is InChI=1S/C34H39N3O5/c1-3-18-35-30(39)27-28-32(41)37(26(21-38)19-22-10-6-5-7-11-22)29(34(28)17-16-33(27,4-2)42-34)31(40)36-25-15-14-23-12-8-9-13-24(23)20-25/h5-15,20,26-29,38H,3-4,16-19,21H2,1-2H3,(H,35,39)(H,36,40)/t26-,27-,28+,29?,33+,34?/m1/s1. The van der Waals surface area contributed by atoms with Gasteiger partial charge in [-0.1, -0.05) is 74.5 Å². The highest BCUT2D eigenvalue weighted by atomic mass is 16.5. The Kier molecular flexibility index (Phi) is 7.53. The van der Waals surface area contributed by atoms with E-state index in [9.17, 15) is 19.5 Å². The van der Waals surface area contributed by atoms with Crippen molar-refractivity contribution in [3.63, 3.8) is 0 Å². The molecular formula is C34H39N3O5. The van der Waals surface area contributed by atoms with Crippen molar-refractivity contribution in [2.24, 2.45) is 11.8 Å². The zero-order chi connectivity index (χ0) is 29.5. The zero-order valence-electron chi connectivity index (χ0n) is 24.2. The number of amides is 3. The number of hydrogen-bond donors (Lipinski definition) is 3. The number of ether oxygens (including phenoxy) is 1. The molecule has 3 heterocycles. The van der Waals surface area contributed by atoms with Crippen LogP contribution in [0.1, 0.15) is 45.1 Å². The molecule has 6 rings (SSSR count). The van der Waals surface area contributed by atoms with Crippen molar-refractivity contribution in [3.05, 3.63) is 78.4 Å². The number of aliphatic hydroxyl groups is 1. The smallest absolute Gasteiger partial charge is 0.250 e. The fraction of sp³-hybridized carbons (Fsp3) is 0.441. The summed E-state index contributed by atoms with van der Waals surface area (Å²) in [6.07, 6.45) is 2.79. The van der Waals surface area contributed by atoms with E-state index in [4.69, 9.17) is 4.74 Å². The zero-order valence-corrected chi connectivity index (χ0v) is 24.2. The summed E-state index contributed by atoms with van der Waals surface area (Å²) in [5.41, 5.74) is -0.406. The van der Waals surface area contributed by atoms with Crippen molar-refractivity contribution < 1.29 is 24.2 Å². The molecule has 3 N–H and O–H groups in total. The van der Waals surface area contributed by atoms with Gasteiger partial charge in [0.2, 0.25) is 17.7 Å². The molecule has 8 nitrogen and oxygen atoms in total. The average Bonchev–Trinajstić information content (AvgIpc) is 3.62.